The summed E-state index contributed by atoms with van der Waals surface area (Å²) in [6.07, 6.45) is 0. The van der Waals surface area contributed by atoms with E-state index in [4.69, 9.17) is 5.73 Å². The SMILES string of the molecule is CC(c1ccccc1O)N(C)C(=O)c1cc(N)cc(F)c1. The van der Waals surface area contributed by atoms with Crippen LogP contribution in [0.3, 0.4) is 0 Å². The minimum Gasteiger partial charge on any atom is -0.508 e. The number of phenols is 1. The summed E-state index contributed by atoms with van der Waals surface area (Å²) in [6.45, 7) is 1.79. The van der Waals surface area contributed by atoms with E-state index in [2.05, 4.69) is 0 Å². The van der Waals surface area contributed by atoms with Gasteiger partial charge < -0.3 is 15.7 Å². The van der Waals surface area contributed by atoms with E-state index in [1.165, 1.54) is 11.0 Å². The largest absolute Gasteiger partial charge is 0.508 e. The van der Waals surface area contributed by atoms with Crippen LogP contribution in [-0.2, 0) is 0 Å². The first-order valence-electron chi connectivity index (χ1n) is 6.51. The zero-order valence-electron chi connectivity index (χ0n) is 11.9. The van der Waals surface area contributed by atoms with Crippen molar-refractivity contribution in [3.8, 4) is 5.75 Å². The van der Waals surface area contributed by atoms with Crippen LogP contribution in [0.4, 0.5) is 10.1 Å². The number of aromatic hydroxyl groups is 1. The molecule has 5 heteroatoms. The van der Waals surface area contributed by atoms with Crippen molar-refractivity contribution in [2.24, 2.45) is 0 Å². The molecule has 2 rings (SSSR count). The maximum absolute atomic E-state index is 13.3. The smallest absolute Gasteiger partial charge is 0.254 e. The molecule has 110 valence electrons. The number of amides is 1. The summed E-state index contributed by atoms with van der Waals surface area (Å²) < 4.78 is 13.3. The summed E-state index contributed by atoms with van der Waals surface area (Å²) in [5, 5.41) is 9.85. The fourth-order valence-electron chi connectivity index (χ4n) is 2.16. The summed E-state index contributed by atoms with van der Waals surface area (Å²) >= 11 is 0. The van der Waals surface area contributed by atoms with Crippen molar-refractivity contribution in [3.63, 3.8) is 0 Å². The lowest BCUT2D eigenvalue weighted by Gasteiger charge is -2.26. The molecule has 0 aromatic heterocycles. The number of carbonyl (C=O) groups excluding carboxylic acids is 1. The number of nitrogen functional groups attached to an aromatic ring is 1. The van der Waals surface area contributed by atoms with Crippen molar-refractivity contribution in [1.82, 2.24) is 4.90 Å². The number of nitrogens with zero attached hydrogens (tertiary/aromatic N) is 1. The average molecular weight is 288 g/mol. The molecule has 1 amide bonds. The van der Waals surface area contributed by atoms with Crippen LogP contribution in [0.15, 0.2) is 42.5 Å². The first-order valence-corrected chi connectivity index (χ1v) is 6.51. The van der Waals surface area contributed by atoms with E-state index in [0.29, 0.717) is 5.56 Å². The van der Waals surface area contributed by atoms with E-state index in [9.17, 15) is 14.3 Å². The molecule has 0 fully saturated rings. The van der Waals surface area contributed by atoms with E-state index in [-0.39, 0.29) is 28.9 Å². The van der Waals surface area contributed by atoms with Crippen LogP contribution in [0.2, 0.25) is 0 Å². The normalized spacial score (nSPS) is 12.0. The molecular formula is C16H17FN2O2. The number of hydrogen-bond donors (Lipinski definition) is 2. The number of phenolic OH excluding ortho intramolecular Hbond substituents is 1. The molecular weight excluding hydrogens is 271 g/mol. The average Bonchev–Trinajstić information content (AvgIpc) is 2.44. The van der Waals surface area contributed by atoms with Crippen molar-refractivity contribution in [1.29, 1.82) is 0 Å². The lowest BCUT2D eigenvalue weighted by atomic mass is 10.0. The highest BCUT2D eigenvalue weighted by atomic mass is 19.1. The fourth-order valence-corrected chi connectivity index (χ4v) is 2.16. The monoisotopic (exact) mass is 288 g/mol. The molecule has 0 aliphatic heterocycles. The second kappa shape index (κ2) is 5.83. The quantitative estimate of drug-likeness (QED) is 0.853. The van der Waals surface area contributed by atoms with Gasteiger partial charge in [-0.05, 0) is 31.2 Å². The molecule has 1 atom stereocenters. The van der Waals surface area contributed by atoms with E-state index >= 15 is 0 Å². The molecule has 3 N–H and O–H groups in total. The first-order chi connectivity index (χ1) is 9.90. The highest BCUT2D eigenvalue weighted by molar-refractivity contribution is 5.95. The third-order valence-electron chi connectivity index (χ3n) is 3.46. The Morgan fingerprint density at radius 3 is 2.57 bits per heavy atom. The summed E-state index contributed by atoms with van der Waals surface area (Å²) in [5.41, 5.74) is 6.56. The van der Waals surface area contributed by atoms with Gasteiger partial charge in [0, 0.05) is 23.9 Å². The van der Waals surface area contributed by atoms with Gasteiger partial charge in [-0.2, -0.15) is 0 Å². The van der Waals surface area contributed by atoms with Crippen molar-refractivity contribution in [2.45, 2.75) is 13.0 Å². The summed E-state index contributed by atoms with van der Waals surface area (Å²) in [6, 6.07) is 10.2. The molecule has 4 nitrogen and oxygen atoms in total. The number of para-hydroxylation sites is 1. The fraction of sp³-hybridized carbons (Fsp3) is 0.188. The Bertz CT molecular complexity index is 653. The highest BCUT2D eigenvalue weighted by Crippen LogP contribution is 2.28. The number of anilines is 1. The van der Waals surface area contributed by atoms with Crippen LogP contribution >= 0.6 is 0 Å². The van der Waals surface area contributed by atoms with Crippen LogP contribution in [0.25, 0.3) is 0 Å². The lowest BCUT2D eigenvalue weighted by Crippen LogP contribution is -2.29. The number of nitrogens with two attached hydrogens (primary N) is 1. The molecule has 0 spiro atoms. The molecule has 0 radical (unpaired) electrons. The summed E-state index contributed by atoms with van der Waals surface area (Å²) in [7, 11) is 1.60. The van der Waals surface area contributed by atoms with Crippen LogP contribution < -0.4 is 5.73 Å². The van der Waals surface area contributed by atoms with E-state index in [1.54, 1.807) is 38.2 Å². The van der Waals surface area contributed by atoms with Gasteiger partial charge in [-0.15, -0.1) is 0 Å². The Kier molecular flexibility index (Phi) is 4.12. The van der Waals surface area contributed by atoms with Crippen molar-refractivity contribution in [2.75, 3.05) is 12.8 Å². The number of hydrogen-bond acceptors (Lipinski definition) is 3. The molecule has 2 aromatic carbocycles. The molecule has 0 aliphatic rings. The third kappa shape index (κ3) is 3.13. The maximum Gasteiger partial charge on any atom is 0.254 e. The number of carbonyl (C=O) groups is 1. The summed E-state index contributed by atoms with van der Waals surface area (Å²) in [5.74, 6) is -0.803. The molecule has 0 bridgehead atoms. The number of benzene rings is 2. The summed E-state index contributed by atoms with van der Waals surface area (Å²) in [4.78, 5) is 13.8. The van der Waals surface area contributed by atoms with Gasteiger partial charge >= 0.3 is 0 Å². The zero-order chi connectivity index (χ0) is 15.6. The predicted molar refractivity (Wildman–Crippen MR) is 79.4 cm³/mol. The molecule has 0 aliphatic carbocycles. The standard InChI is InChI=1S/C16H17FN2O2/c1-10(14-5-3-4-6-15(14)20)19(2)16(21)11-7-12(17)9-13(18)8-11/h3-10,20H,18H2,1-2H3. The van der Waals surface area contributed by atoms with Crippen LogP contribution in [-0.4, -0.2) is 23.0 Å². The zero-order valence-corrected chi connectivity index (χ0v) is 11.9. The van der Waals surface area contributed by atoms with Gasteiger partial charge in [-0.1, -0.05) is 18.2 Å². The van der Waals surface area contributed by atoms with Crippen molar-refractivity contribution < 1.29 is 14.3 Å². The van der Waals surface area contributed by atoms with E-state index < -0.39 is 5.82 Å². The van der Waals surface area contributed by atoms with Gasteiger partial charge in [-0.3, -0.25) is 4.79 Å². The molecule has 0 heterocycles. The molecule has 2 aromatic rings. The molecule has 21 heavy (non-hydrogen) atoms. The number of rotatable bonds is 3. The Morgan fingerprint density at radius 1 is 1.29 bits per heavy atom. The second-order valence-electron chi connectivity index (χ2n) is 4.92. The Balaban J connectivity index is 2.28. The Hall–Kier alpha value is -2.56. The molecule has 0 saturated carbocycles. The minimum atomic E-state index is -0.554. The third-order valence-corrected chi connectivity index (χ3v) is 3.46. The number of halogens is 1. The van der Waals surface area contributed by atoms with Crippen LogP contribution in [0.1, 0.15) is 28.9 Å². The van der Waals surface area contributed by atoms with E-state index in [0.717, 1.165) is 12.1 Å². The van der Waals surface area contributed by atoms with Crippen LogP contribution in [0, 0.1) is 5.82 Å². The van der Waals surface area contributed by atoms with Gasteiger partial charge in [0.2, 0.25) is 0 Å². The Labute approximate surface area is 122 Å². The van der Waals surface area contributed by atoms with Crippen LogP contribution in [0.5, 0.6) is 5.75 Å². The second-order valence-corrected chi connectivity index (χ2v) is 4.92. The van der Waals surface area contributed by atoms with Gasteiger partial charge in [0.05, 0.1) is 6.04 Å². The lowest BCUT2D eigenvalue weighted by molar-refractivity contribution is 0.0741. The van der Waals surface area contributed by atoms with Crippen molar-refractivity contribution >= 4 is 11.6 Å². The van der Waals surface area contributed by atoms with Gasteiger partial charge in [0.1, 0.15) is 11.6 Å². The van der Waals surface area contributed by atoms with Crippen molar-refractivity contribution in [3.05, 3.63) is 59.4 Å². The maximum atomic E-state index is 13.3. The van der Waals surface area contributed by atoms with Gasteiger partial charge in [0.25, 0.3) is 5.91 Å². The molecule has 1 unspecified atom stereocenters. The topological polar surface area (TPSA) is 66.6 Å². The highest BCUT2D eigenvalue weighted by Gasteiger charge is 2.21. The van der Waals surface area contributed by atoms with E-state index in [1.807, 2.05) is 0 Å². The van der Waals surface area contributed by atoms with Gasteiger partial charge in [0.15, 0.2) is 0 Å². The minimum absolute atomic E-state index is 0.114. The Morgan fingerprint density at radius 2 is 1.95 bits per heavy atom. The molecule has 0 saturated heterocycles. The first kappa shape index (κ1) is 14.8. The van der Waals surface area contributed by atoms with Gasteiger partial charge in [-0.25, -0.2) is 4.39 Å². The predicted octanol–water partition coefficient (Wildman–Crippen LogP) is 2.95.